The van der Waals surface area contributed by atoms with Crippen molar-refractivity contribution in [2.45, 2.75) is 19.9 Å². The third-order valence-electron chi connectivity index (χ3n) is 3.35. The molecule has 2 aromatic rings. The number of anilines is 1. The van der Waals surface area contributed by atoms with E-state index in [-0.39, 0.29) is 23.1 Å². The molecule has 2 rings (SSSR count). The fourth-order valence-electron chi connectivity index (χ4n) is 2.20. The topological polar surface area (TPSA) is 89.8 Å². The van der Waals surface area contributed by atoms with E-state index in [2.05, 4.69) is 5.32 Å². The number of aromatic hydroxyl groups is 2. The molecule has 4 N–H and O–H groups in total. The molecule has 0 saturated carbocycles. The molecule has 0 saturated heterocycles. The number of aromatic carboxylic acids is 1. The largest absolute Gasteiger partial charge is 0.507 e. The summed E-state index contributed by atoms with van der Waals surface area (Å²) in [4.78, 5) is 11.0. The molecule has 5 heteroatoms. The number of benzene rings is 2. The standard InChI is InChI=1S/C16H17NO4/c1-9-6-7-11(16(20)21)8-12(9)17-10(2)15-13(18)4-3-5-14(15)19/h3-8,10,17-19H,1-2H3,(H,20,21). The lowest BCUT2D eigenvalue weighted by Gasteiger charge is -2.19. The zero-order valence-electron chi connectivity index (χ0n) is 11.8. The normalized spacial score (nSPS) is 11.9. The van der Waals surface area contributed by atoms with Gasteiger partial charge in [0.05, 0.1) is 17.2 Å². The van der Waals surface area contributed by atoms with Crippen molar-refractivity contribution in [3.05, 3.63) is 53.1 Å². The first kappa shape index (κ1) is 14.7. The number of carbonyl (C=O) groups is 1. The van der Waals surface area contributed by atoms with Gasteiger partial charge in [-0.05, 0) is 43.7 Å². The molecule has 2 aromatic carbocycles. The van der Waals surface area contributed by atoms with Gasteiger partial charge in [-0.1, -0.05) is 12.1 Å². The molecule has 0 amide bonds. The summed E-state index contributed by atoms with van der Waals surface area (Å²) >= 11 is 0. The van der Waals surface area contributed by atoms with E-state index < -0.39 is 5.97 Å². The summed E-state index contributed by atoms with van der Waals surface area (Å²) < 4.78 is 0. The quantitative estimate of drug-likeness (QED) is 0.693. The van der Waals surface area contributed by atoms with E-state index in [1.54, 1.807) is 19.1 Å². The minimum Gasteiger partial charge on any atom is -0.507 e. The molecule has 0 radical (unpaired) electrons. The maximum atomic E-state index is 11.0. The Morgan fingerprint density at radius 1 is 1.14 bits per heavy atom. The molecular formula is C16H17NO4. The van der Waals surface area contributed by atoms with E-state index in [1.807, 2.05) is 6.92 Å². The van der Waals surface area contributed by atoms with Gasteiger partial charge in [0.2, 0.25) is 0 Å². The number of nitrogens with one attached hydrogen (secondary N) is 1. The van der Waals surface area contributed by atoms with Crippen molar-refractivity contribution in [2.75, 3.05) is 5.32 Å². The first-order valence-electron chi connectivity index (χ1n) is 6.51. The summed E-state index contributed by atoms with van der Waals surface area (Å²) in [7, 11) is 0. The van der Waals surface area contributed by atoms with Gasteiger partial charge in [0.1, 0.15) is 11.5 Å². The lowest BCUT2D eigenvalue weighted by Crippen LogP contribution is -2.09. The van der Waals surface area contributed by atoms with Gasteiger partial charge in [0.25, 0.3) is 0 Å². The maximum absolute atomic E-state index is 11.0. The Balaban J connectivity index is 2.33. The molecule has 0 aliphatic heterocycles. The Morgan fingerprint density at radius 3 is 2.33 bits per heavy atom. The van der Waals surface area contributed by atoms with Crippen LogP contribution in [0.1, 0.15) is 34.5 Å². The fraction of sp³-hybridized carbons (Fsp3) is 0.188. The van der Waals surface area contributed by atoms with Crippen molar-refractivity contribution in [1.82, 2.24) is 0 Å². The summed E-state index contributed by atoms with van der Waals surface area (Å²) in [6, 6.07) is 8.94. The molecule has 5 nitrogen and oxygen atoms in total. The van der Waals surface area contributed by atoms with Gasteiger partial charge >= 0.3 is 5.97 Å². The fourth-order valence-corrected chi connectivity index (χ4v) is 2.20. The van der Waals surface area contributed by atoms with E-state index >= 15 is 0 Å². The molecule has 0 aliphatic carbocycles. The number of phenols is 2. The number of hydrogen-bond donors (Lipinski definition) is 4. The number of phenolic OH excluding ortho intramolecular Hbond substituents is 2. The molecule has 1 unspecified atom stereocenters. The van der Waals surface area contributed by atoms with Crippen LogP contribution >= 0.6 is 0 Å². The molecule has 0 aliphatic rings. The smallest absolute Gasteiger partial charge is 0.335 e. The van der Waals surface area contributed by atoms with Gasteiger partial charge in [-0.2, -0.15) is 0 Å². The number of carboxylic acids is 1. The van der Waals surface area contributed by atoms with Gasteiger partial charge in [0.15, 0.2) is 0 Å². The average molecular weight is 287 g/mol. The third kappa shape index (κ3) is 3.08. The Morgan fingerprint density at radius 2 is 1.76 bits per heavy atom. The van der Waals surface area contributed by atoms with Crippen LogP contribution in [0.2, 0.25) is 0 Å². The Kier molecular flexibility index (Phi) is 4.03. The van der Waals surface area contributed by atoms with E-state index in [1.165, 1.54) is 24.3 Å². The van der Waals surface area contributed by atoms with Crippen LogP contribution in [0.15, 0.2) is 36.4 Å². The zero-order chi connectivity index (χ0) is 15.6. The summed E-state index contributed by atoms with van der Waals surface area (Å²) in [5, 5.41) is 31.9. The van der Waals surface area contributed by atoms with Gasteiger partial charge in [0, 0.05) is 5.69 Å². The molecule has 0 fully saturated rings. The second kappa shape index (κ2) is 5.75. The average Bonchev–Trinajstić information content (AvgIpc) is 2.40. The molecule has 0 spiro atoms. The van der Waals surface area contributed by atoms with E-state index in [4.69, 9.17) is 5.11 Å². The first-order chi connectivity index (χ1) is 9.90. The number of hydrogen-bond acceptors (Lipinski definition) is 4. The predicted octanol–water partition coefficient (Wildman–Crippen LogP) is 3.28. The molecule has 1 atom stereocenters. The molecular weight excluding hydrogens is 270 g/mol. The highest BCUT2D eigenvalue weighted by molar-refractivity contribution is 5.89. The maximum Gasteiger partial charge on any atom is 0.335 e. The highest BCUT2D eigenvalue weighted by atomic mass is 16.4. The molecule has 0 heterocycles. The minimum atomic E-state index is -1.00. The molecule has 110 valence electrons. The lowest BCUT2D eigenvalue weighted by atomic mass is 10.0. The van der Waals surface area contributed by atoms with Crippen LogP contribution in [0.25, 0.3) is 0 Å². The Hall–Kier alpha value is -2.69. The van der Waals surface area contributed by atoms with Crippen molar-refractivity contribution in [3.63, 3.8) is 0 Å². The Bertz CT molecular complexity index is 662. The number of rotatable bonds is 4. The van der Waals surface area contributed by atoms with E-state index in [9.17, 15) is 15.0 Å². The second-order valence-electron chi connectivity index (χ2n) is 4.91. The number of aryl methyl sites for hydroxylation is 1. The summed E-state index contributed by atoms with van der Waals surface area (Å²) in [6.45, 7) is 3.63. The van der Waals surface area contributed by atoms with Crippen molar-refractivity contribution in [1.29, 1.82) is 0 Å². The van der Waals surface area contributed by atoms with E-state index in [0.29, 0.717) is 11.3 Å². The zero-order valence-corrected chi connectivity index (χ0v) is 11.8. The summed E-state index contributed by atoms with van der Waals surface area (Å²) in [5.74, 6) is -1.03. The van der Waals surface area contributed by atoms with Gasteiger partial charge in [-0.3, -0.25) is 0 Å². The van der Waals surface area contributed by atoms with Crippen LogP contribution in [0.4, 0.5) is 5.69 Å². The minimum absolute atomic E-state index is 0.0120. The number of carboxylic acid groups (broad SMARTS) is 1. The van der Waals surface area contributed by atoms with Gasteiger partial charge in [-0.25, -0.2) is 4.79 Å². The predicted molar refractivity (Wildman–Crippen MR) is 79.9 cm³/mol. The molecule has 0 bridgehead atoms. The third-order valence-corrected chi connectivity index (χ3v) is 3.35. The van der Waals surface area contributed by atoms with E-state index in [0.717, 1.165) is 5.56 Å². The highest BCUT2D eigenvalue weighted by Crippen LogP contribution is 2.34. The first-order valence-corrected chi connectivity index (χ1v) is 6.51. The van der Waals surface area contributed by atoms with Crippen LogP contribution in [0.5, 0.6) is 11.5 Å². The van der Waals surface area contributed by atoms with Crippen LogP contribution in [-0.2, 0) is 0 Å². The monoisotopic (exact) mass is 287 g/mol. The Labute approximate surface area is 122 Å². The second-order valence-corrected chi connectivity index (χ2v) is 4.91. The lowest BCUT2D eigenvalue weighted by molar-refractivity contribution is 0.0697. The summed E-state index contributed by atoms with van der Waals surface area (Å²) in [6.07, 6.45) is 0. The van der Waals surface area contributed by atoms with Crippen LogP contribution < -0.4 is 5.32 Å². The van der Waals surface area contributed by atoms with Crippen LogP contribution in [0, 0.1) is 6.92 Å². The summed E-state index contributed by atoms with van der Waals surface area (Å²) in [5.41, 5.74) is 2.07. The van der Waals surface area contributed by atoms with Crippen LogP contribution in [0.3, 0.4) is 0 Å². The van der Waals surface area contributed by atoms with Crippen molar-refractivity contribution >= 4 is 11.7 Å². The SMILES string of the molecule is Cc1ccc(C(=O)O)cc1NC(C)c1c(O)cccc1O. The van der Waals surface area contributed by atoms with Crippen LogP contribution in [-0.4, -0.2) is 21.3 Å². The molecule has 21 heavy (non-hydrogen) atoms. The van der Waals surface area contributed by atoms with Crippen molar-refractivity contribution in [3.8, 4) is 11.5 Å². The van der Waals surface area contributed by atoms with Crippen molar-refractivity contribution < 1.29 is 20.1 Å². The van der Waals surface area contributed by atoms with Crippen molar-refractivity contribution in [2.24, 2.45) is 0 Å². The molecule has 0 aromatic heterocycles. The highest BCUT2D eigenvalue weighted by Gasteiger charge is 2.16. The van der Waals surface area contributed by atoms with Gasteiger partial charge in [-0.15, -0.1) is 0 Å². The van der Waals surface area contributed by atoms with Gasteiger partial charge < -0.3 is 20.6 Å².